The van der Waals surface area contributed by atoms with Crippen molar-refractivity contribution in [1.29, 1.82) is 0 Å². The van der Waals surface area contributed by atoms with E-state index in [9.17, 15) is 9.59 Å². The molecular formula is C20H20BrN3O4. The van der Waals surface area contributed by atoms with Crippen molar-refractivity contribution in [3.8, 4) is 0 Å². The third kappa shape index (κ3) is 3.32. The quantitative estimate of drug-likeness (QED) is 0.637. The highest BCUT2D eigenvalue weighted by Crippen LogP contribution is 2.35. The second kappa shape index (κ2) is 6.48. The maximum Gasteiger partial charge on any atom is 0.410 e. The zero-order valence-electron chi connectivity index (χ0n) is 15.8. The van der Waals surface area contributed by atoms with Gasteiger partial charge in [-0.25, -0.2) is 4.79 Å². The van der Waals surface area contributed by atoms with Gasteiger partial charge >= 0.3 is 6.09 Å². The first-order valence-electron chi connectivity index (χ1n) is 8.93. The molecule has 146 valence electrons. The van der Waals surface area contributed by atoms with E-state index in [1.165, 1.54) is 0 Å². The molecule has 0 bridgehead atoms. The van der Waals surface area contributed by atoms with Crippen LogP contribution in [0, 0.1) is 0 Å². The maximum absolute atomic E-state index is 12.1. The molecule has 28 heavy (non-hydrogen) atoms. The summed E-state index contributed by atoms with van der Waals surface area (Å²) in [5.74, 6) is -0.354. The smallest absolute Gasteiger partial charge is 0.410 e. The van der Waals surface area contributed by atoms with Crippen molar-refractivity contribution in [1.82, 2.24) is 9.88 Å². The lowest BCUT2D eigenvalue weighted by Gasteiger charge is -2.39. The second-order valence-corrected chi connectivity index (χ2v) is 8.77. The standard InChI is InChI=1S/C20H20BrN3O4/c1-20(2,3)28-19(26)24-8-12(9-24)13-5-4-10-6-11-7-14(18(22)25)27-17(11)15(21)16(10)23-13/h4-7,12H,8-9H2,1-3H3,(H2,22,25). The van der Waals surface area contributed by atoms with Gasteiger partial charge in [-0.15, -0.1) is 0 Å². The van der Waals surface area contributed by atoms with E-state index in [2.05, 4.69) is 15.9 Å². The number of nitrogens with zero attached hydrogens (tertiary/aromatic N) is 2. The first-order valence-corrected chi connectivity index (χ1v) is 9.72. The van der Waals surface area contributed by atoms with Crippen LogP contribution in [-0.4, -0.2) is 40.6 Å². The number of fused-ring (bicyclic) bond motifs is 2. The average Bonchev–Trinajstić information content (AvgIpc) is 2.97. The number of hydrogen-bond acceptors (Lipinski definition) is 5. The molecular weight excluding hydrogens is 426 g/mol. The molecule has 3 aromatic rings. The molecule has 1 fully saturated rings. The zero-order valence-corrected chi connectivity index (χ0v) is 17.4. The summed E-state index contributed by atoms with van der Waals surface area (Å²) < 4.78 is 11.6. The number of rotatable bonds is 2. The van der Waals surface area contributed by atoms with Crippen molar-refractivity contribution in [2.24, 2.45) is 5.73 Å². The van der Waals surface area contributed by atoms with Gasteiger partial charge in [0.15, 0.2) is 11.3 Å². The number of halogens is 1. The lowest BCUT2D eigenvalue weighted by atomic mass is 9.95. The zero-order chi connectivity index (χ0) is 20.2. The average molecular weight is 446 g/mol. The predicted octanol–water partition coefficient (Wildman–Crippen LogP) is 4.18. The molecule has 0 atom stereocenters. The van der Waals surface area contributed by atoms with Crippen LogP contribution in [0.2, 0.25) is 0 Å². The monoisotopic (exact) mass is 445 g/mol. The van der Waals surface area contributed by atoms with Gasteiger partial charge < -0.3 is 19.8 Å². The number of primary amides is 1. The molecule has 7 nitrogen and oxygen atoms in total. The molecule has 1 saturated heterocycles. The van der Waals surface area contributed by atoms with Gasteiger partial charge in [0.2, 0.25) is 0 Å². The third-order valence-electron chi connectivity index (χ3n) is 4.62. The molecule has 4 rings (SSSR count). The molecule has 2 N–H and O–H groups in total. The van der Waals surface area contributed by atoms with Gasteiger partial charge in [-0.1, -0.05) is 6.07 Å². The Morgan fingerprint density at radius 2 is 1.96 bits per heavy atom. The number of pyridine rings is 1. The lowest BCUT2D eigenvalue weighted by molar-refractivity contribution is 0.00789. The number of amides is 2. The summed E-state index contributed by atoms with van der Waals surface area (Å²) in [6, 6.07) is 7.48. The Morgan fingerprint density at radius 3 is 2.61 bits per heavy atom. The first-order chi connectivity index (χ1) is 13.1. The predicted molar refractivity (Wildman–Crippen MR) is 108 cm³/mol. The summed E-state index contributed by atoms with van der Waals surface area (Å²) in [5.41, 5.74) is 6.98. The van der Waals surface area contributed by atoms with Gasteiger partial charge in [0, 0.05) is 35.5 Å². The molecule has 2 aromatic heterocycles. The number of ether oxygens (including phenoxy) is 1. The molecule has 0 aliphatic carbocycles. The molecule has 3 heterocycles. The van der Waals surface area contributed by atoms with Gasteiger partial charge in [0.05, 0.1) is 9.99 Å². The Kier molecular flexibility index (Phi) is 4.33. The van der Waals surface area contributed by atoms with E-state index in [1.807, 2.05) is 39.0 Å². The summed E-state index contributed by atoms with van der Waals surface area (Å²) in [5, 5.41) is 1.70. The van der Waals surface area contributed by atoms with Crippen molar-refractivity contribution in [3.05, 3.63) is 40.2 Å². The van der Waals surface area contributed by atoms with E-state index in [1.54, 1.807) is 11.0 Å². The van der Waals surface area contributed by atoms with Crippen molar-refractivity contribution in [3.63, 3.8) is 0 Å². The minimum atomic E-state index is -0.613. The van der Waals surface area contributed by atoms with Crippen molar-refractivity contribution < 1.29 is 18.7 Å². The van der Waals surface area contributed by atoms with Crippen molar-refractivity contribution in [2.75, 3.05) is 13.1 Å². The van der Waals surface area contributed by atoms with Crippen LogP contribution >= 0.6 is 15.9 Å². The number of benzene rings is 1. The molecule has 0 spiro atoms. The van der Waals surface area contributed by atoms with E-state index >= 15 is 0 Å². The number of hydrogen-bond donors (Lipinski definition) is 1. The first kappa shape index (κ1) is 18.7. The minimum absolute atomic E-state index is 0.109. The van der Waals surface area contributed by atoms with Gasteiger partial charge in [0.1, 0.15) is 5.60 Å². The number of carbonyl (C=O) groups excluding carboxylic acids is 2. The maximum atomic E-state index is 12.1. The van der Waals surface area contributed by atoms with E-state index in [0.29, 0.717) is 23.1 Å². The fourth-order valence-electron chi connectivity index (χ4n) is 3.23. The summed E-state index contributed by atoms with van der Waals surface area (Å²) in [6.07, 6.45) is -0.304. The normalized spacial score (nSPS) is 15.1. The van der Waals surface area contributed by atoms with Crippen LogP contribution in [-0.2, 0) is 4.74 Å². The number of carbonyl (C=O) groups is 2. The highest BCUT2D eigenvalue weighted by atomic mass is 79.9. The van der Waals surface area contributed by atoms with Crippen LogP contribution in [0.15, 0.2) is 33.2 Å². The number of aromatic nitrogens is 1. The largest absolute Gasteiger partial charge is 0.450 e. The molecule has 1 aromatic carbocycles. The Hall–Kier alpha value is -2.61. The van der Waals surface area contributed by atoms with Gasteiger partial charge in [-0.05, 0) is 54.9 Å². The molecule has 0 unspecified atom stereocenters. The summed E-state index contributed by atoms with van der Waals surface area (Å²) >= 11 is 3.54. The second-order valence-electron chi connectivity index (χ2n) is 7.97. The Labute approximate surface area is 169 Å². The highest BCUT2D eigenvalue weighted by molar-refractivity contribution is 9.10. The highest BCUT2D eigenvalue weighted by Gasteiger charge is 2.35. The molecule has 2 amide bonds. The van der Waals surface area contributed by atoms with E-state index < -0.39 is 11.5 Å². The summed E-state index contributed by atoms with van der Waals surface area (Å²) in [6.45, 7) is 6.69. The van der Waals surface area contributed by atoms with Crippen LogP contribution < -0.4 is 5.73 Å². The molecule has 8 heteroatoms. The number of nitrogens with two attached hydrogens (primary N) is 1. The van der Waals surface area contributed by atoms with Crippen LogP contribution in [0.5, 0.6) is 0 Å². The summed E-state index contributed by atoms with van der Waals surface area (Å²) in [4.78, 5) is 29.9. The Morgan fingerprint density at radius 1 is 1.25 bits per heavy atom. The molecule has 1 aliphatic rings. The van der Waals surface area contributed by atoms with Crippen LogP contribution in [0.4, 0.5) is 4.79 Å². The van der Waals surface area contributed by atoms with Crippen molar-refractivity contribution in [2.45, 2.75) is 32.3 Å². The topological polar surface area (TPSA) is 98.7 Å². The van der Waals surface area contributed by atoms with E-state index in [0.717, 1.165) is 22.0 Å². The SMILES string of the molecule is CC(C)(C)OC(=O)N1CC(c2ccc3cc4cc(C(N)=O)oc4c(Br)c3n2)C1. The van der Waals surface area contributed by atoms with Gasteiger partial charge in [-0.2, -0.15) is 0 Å². The van der Waals surface area contributed by atoms with Gasteiger partial charge in [-0.3, -0.25) is 9.78 Å². The number of furan rings is 1. The van der Waals surface area contributed by atoms with Crippen molar-refractivity contribution >= 4 is 49.8 Å². The molecule has 0 radical (unpaired) electrons. The number of likely N-dealkylation sites (tertiary alicyclic amines) is 1. The van der Waals surface area contributed by atoms with E-state index in [4.69, 9.17) is 19.9 Å². The van der Waals surface area contributed by atoms with E-state index in [-0.39, 0.29) is 17.8 Å². The molecule has 1 aliphatic heterocycles. The van der Waals surface area contributed by atoms with Crippen LogP contribution in [0.25, 0.3) is 21.9 Å². The fourth-order valence-corrected chi connectivity index (χ4v) is 3.85. The Balaban J connectivity index is 1.60. The Bertz CT molecular complexity index is 1110. The lowest BCUT2D eigenvalue weighted by Crippen LogP contribution is -2.50. The summed E-state index contributed by atoms with van der Waals surface area (Å²) in [7, 11) is 0. The van der Waals surface area contributed by atoms with Crippen LogP contribution in [0.1, 0.15) is 42.9 Å². The third-order valence-corrected chi connectivity index (χ3v) is 5.36. The van der Waals surface area contributed by atoms with Gasteiger partial charge in [0.25, 0.3) is 5.91 Å². The fraction of sp³-hybridized carbons (Fsp3) is 0.350. The molecule has 0 saturated carbocycles. The van der Waals surface area contributed by atoms with Crippen LogP contribution in [0.3, 0.4) is 0 Å². The minimum Gasteiger partial charge on any atom is -0.450 e.